The van der Waals surface area contributed by atoms with Gasteiger partial charge in [0.2, 0.25) is 5.91 Å². The minimum Gasteiger partial charge on any atom is -0.486 e. The maximum absolute atomic E-state index is 12.6. The number of ether oxygens (including phenoxy) is 1. The van der Waals surface area contributed by atoms with Gasteiger partial charge in [-0.1, -0.05) is 0 Å². The summed E-state index contributed by atoms with van der Waals surface area (Å²) in [5.41, 5.74) is 1.84. The Morgan fingerprint density at radius 1 is 1.14 bits per heavy atom. The van der Waals surface area contributed by atoms with Gasteiger partial charge in [0.15, 0.2) is 0 Å². The molecular weight excluding hydrogens is 354 g/mol. The van der Waals surface area contributed by atoms with E-state index in [0.29, 0.717) is 18.4 Å². The molecule has 0 radical (unpaired) electrons. The summed E-state index contributed by atoms with van der Waals surface area (Å²) in [6.07, 6.45) is 4.45. The van der Waals surface area contributed by atoms with E-state index in [2.05, 4.69) is 9.88 Å². The average Bonchev–Trinajstić information content (AvgIpc) is 3.05. The van der Waals surface area contributed by atoms with Crippen molar-refractivity contribution in [2.24, 2.45) is 11.8 Å². The SMILES string of the molecule is Cc1ccc(O[C@@H]2C[C@@H]3CN(CC(=O)N4CCCCC4)C[C@@H]3C[C@H]2O)c(C)n1. The van der Waals surface area contributed by atoms with Crippen LogP contribution >= 0.6 is 0 Å². The Kier molecular flexibility index (Phi) is 5.88. The van der Waals surface area contributed by atoms with E-state index in [1.165, 1.54) is 6.42 Å². The topological polar surface area (TPSA) is 65.9 Å². The van der Waals surface area contributed by atoms with Crippen molar-refractivity contribution in [2.45, 2.75) is 58.2 Å². The molecule has 4 atom stereocenters. The predicted octanol–water partition coefficient (Wildman–Crippen LogP) is 2.16. The standard InChI is InChI=1S/C22H33N3O3/c1-15-6-7-20(16(2)23-15)28-21-11-18-13-24(12-17(18)10-19(21)26)14-22(27)25-8-4-3-5-9-25/h6-7,17-19,21,26H,3-5,8-14H2,1-2H3/t17-,18+,19+,21+/m0/s1. The molecule has 3 fully saturated rings. The summed E-state index contributed by atoms with van der Waals surface area (Å²) in [5.74, 6) is 1.98. The molecule has 3 heterocycles. The van der Waals surface area contributed by atoms with Crippen LogP contribution < -0.4 is 4.74 Å². The van der Waals surface area contributed by atoms with Crippen molar-refractivity contribution >= 4 is 5.91 Å². The van der Waals surface area contributed by atoms with Crippen molar-refractivity contribution in [3.63, 3.8) is 0 Å². The molecule has 1 aromatic rings. The van der Waals surface area contributed by atoms with Gasteiger partial charge in [-0.05, 0) is 69.9 Å². The fourth-order valence-corrected chi connectivity index (χ4v) is 5.14. The molecule has 0 unspecified atom stereocenters. The summed E-state index contributed by atoms with van der Waals surface area (Å²) in [5, 5.41) is 10.7. The number of piperidine rings is 1. The van der Waals surface area contributed by atoms with Crippen molar-refractivity contribution < 1.29 is 14.6 Å². The fraction of sp³-hybridized carbons (Fsp3) is 0.727. The number of aliphatic hydroxyl groups is 1. The molecule has 1 aromatic heterocycles. The number of aliphatic hydroxyl groups excluding tert-OH is 1. The summed E-state index contributed by atoms with van der Waals surface area (Å²) in [7, 11) is 0. The van der Waals surface area contributed by atoms with Crippen molar-refractivity contribution in [3.8, 4) is 5.75 Å². The van der Waals surface area contributed by atoms with Crippen LogP contribution in [0, 0.1) is 25.7 Å². The zero-order chi connectivity index (χ0) is 19.7. The van der Waals surface area contributed by atoms with Gasteiger partial charge < -0.3 is 14.7 Å². The molecule has 1 aliphatic carbocycles. The molecule has 2 aliphatic heterocycles. The molecule has 28 heavy (non-hydrogen) atoms. The number of rotatable bonds is 4. The first-order chi connectivity index (χ1) is 13.5. The van der Waals surface area contributed by atoms with Gasteiger partial charge in [-0.15, -0.1) is 0 Å². The lowest BCUT2D eigenvalue weighted by molar-refractivity contribution is -0.133. The number of aryl methyl sites for hydroxylation is 2. The number of carbonyl (C=O) groups is 1. The zero-order valence-corrected chi connectivity index (χ0v) is 17.1. The maximum atomic E-state index is 12.6. The second kappa shape index (κ2) is 8.37. The molecule has 154 valence electrons. The van der Waals surface area contributed by atoms with Gasteiger partial charge >= 0.3 is 0 Å². The molecule has 0 spiro atoms. The van der Waals surface area contributed by atoms with Crippen LogP contribution in [-0.2, 0) is 4.79 Å². The molecule has 1 saturated carbocycles. The van der Waals surface area contributed by atoms with Crippen LogP contribution in [0.5, 0.6) is 5.75 Å². The van der Waals surface area contributed by atoms with Crippen molar-refractivity contribution in [2.75, 3.05) is 32.7 Å². The van der Waals surface area contributed by atoms with Gasteiger partial charge in [-0.2, -0.15) is 0 Å². The third kappa shape index (κ3) is 4.33. The summed E-state index contributed by atoms with van der Waals surface area (Å²) < 4.78 is 6.17. The van der Waals surface area contributed by atoms with E-state index in [1.807, 2.05) is 30.9 Å². The molecule has 1 N–H and O–H groups in total. The molecular formula is C22H33N3O3. The first-order valence-corrected chi connectivity index (χ1v) is 10.8. The van der Waals surface area contributed by atoms with Crippen molar-refractivity contribution in [1.29, 1.82) is 0 Å². The molecule has 3 aliphatic rings. The second-order valence-corrected chi connectivity index (χ2v) is 8.89. The highest BCUT2D eigenvalue weighted by molar-refractivity contribution is 5.78. The normalized spacial score (nSPS) is 30.9. The van der Waals surface area contributed by atoms with Gasteiger partial charge in [0, 0.05) is 31.9 Å². The van der Waals surface area contributed by atoms with Crippen LogP contribution in [0.2, 0.25) is 0 Å². The third-order valence-electron chi connectivity index (χ3n) is 6.68. The van der Waals surface area contributed by atoms with Crippen LogP contribution in [0.4, 0.5) is 0 Å². The smallest absolute Gasteiger partial charge is 0.236 e. The average molecular weight is 388 g/mol. The van der Waals surface area contributed by atoms with Gasteiger partial charge in [-0.3, -0.25) is 14.7 Å². The first-order valence-electron chi connectivity index (χ1n) is 10.8. The Balaban J connectivity index is 1.33. The highest BCUT2D eigenvalue weighted by Crippen LogP contribution is 2.38. The predicted molar refractivity (Wildman–Crippen MR) is 107 cm³/mol. The van der Waals surface area contributed by atoms with Gasteiger partial charge in [-0.25, -0.2) is 0 Å². The summed E-state index contributed by atoms with van der Waals surface area (Å²) in [4.78, 5) is 21.4. The summed E-state index contributed by atoms with van der Waals surface area (Å²) in [6.45, 7) is 8.12. The van der Waals surface area contributed by atoms with Gasteiger partial charge in [0.25, 0.3) is 0 Å². The third-order valence-corrected chi connectivity index (χ3v) is 6.68. The van der Waals surface area contributed by atoms with E-state index in [9.17, 15) is 9.90 Å². The largest absolute Gasteiger partial charge is 0.486 e. The lowest BCUT2D eigenvalue weighted by Crippen LogP contribution is -2.42. The number of aromatic nitrogens is 1. The van der Waals surface area contributed by atoms with E-state index < -0.39 is 6.10 Å². The fourth-order valence-electron chi connectivity index (χ4n) is 5.14. The first kappa shape index (κ1) is 19.6. The van der Waals surface area contributed by atoms with Crippen LogP contribution in [0.3, 0.4) is 0 Å². The van der Waals surface area contributed by atoms with Gasteiger partial charge in [0.1, 0.15) is 11.9 Å². The van der Waals surface area contributed by atoms with Crippen LogP contribution in [-0.4, -0.2) is 70.7 Å². The van der Waals surface area contributed by atoms with E-state index in [0.717, 1.165) is 69.0 Å². The second-order valence-electron chi connectivity index (χ2n) is 8.89. The van der Waals surface area contributed by atoms with Crippen LogP contribution in [0.1, 0.15) is 43.5 Å². The van der Waals surface area contributed by atoms with E-state index in [4.69, 9.17) is 4.74 Å². The highest BCUT2D eigenvalue weighted by atomic mass is 16.5. The van der Waals surface area contributed by atoms with Crippen LogP contribution in [0.25, 0.3) is 0 Å². The Bertz CT molecular complexity index is 704. The van der Waals surface area contributed by atoms with E-state index >= 15 is 0 Å². The van der Waals surface area contributed by atoms with Gasteiger partial charge in [0.05, 0.1) is 18.3 Å². The highest BCUT2D eigenvalue weighted by Gasteiger charge is 2.43. The minimum absolute atomic E-state index is 0.192. The molecule has 6 nitrogen and oxygen atoms in total. The molecule has 4 rings (SSSR count). The summed E-state index contributed by atoms with van der Waals surface area (Å²) >= 11 is 0. The Morgan fingerprint density at radius 3 is 2.57 bits per heavy atom. The Labute approximate surface area is 167 Å². The monoisotopic (exact) mass is 387 g/mol. The molecule has 2 saturated heterocycles. The number of hydrogen-bond donors (Lipinski definition) is 1. The lowest BCUT2D eigenvalue weighted by Gasteiger charge is -2.35. The molecule has 0 aromatic carbocycles. The van der Waals surface area contributed by atoms with E-state index in [1.54, 1.807) is 0 Å². The van der Waals surface area contributed by atoms with Crippen LogP contribution in [0.15, 0.2) is 12.1 Å². The van der Waals surface area contributed by atoms with E-state index in [-0.39, 0.29) is 12.0 Å². The Hall–Kier alpha value is -1.66. The summed E-state index contributed by atoms with van der Waals surface area (Å²) in [6, 6.07) is 3.90. The zero-order valence-electron chi connectivity index (χ0n) is 17.1. The number of carbonyl (C=O) groups excluding carboxylic acids is 1. The maximum Gasteiger partial charge on any atom is 0.236 e. The number of nitrogens with zero attached hydrogens (tertiary/aromatic N) is 3. The van der Waals surface area contributed by atoms with Crippen molar-refractivity contribution in [3.05, 3.63) is 23.5 Å². The van der Waals surface area contributed by atoms with Crippen molar-refractivity contribution in [1.82, 2.24) is 14.8 Å². The molecule has 6 heteroatoms. The Morgan fingerprint density at radius 2 is 1.86 bits per heavy atom. The number of hydrogen-bond acceptors (Lipinski definition) is 5. The minimum atomic E-state index is -0.459. The molecule has 1 amide bonds. The number of pyridine rings is 1. The number of fused-ring (bicyclic) bond motifs is 1. The molecule has 0 bridgehead atoms. The lowest BCUT2D eigenvalue weighted by atomic mass is 9.78. The number of amides is 1. The quantitative estimate of drug-likeness (QED) is 0.858. The number of likely N-dealkylation sites (tertiary alicyclic amines) is 2.